The van der Waals surface area contributed by atoms with Gasteiger partial charge in [0.15, 0.2) is 0 Å². The SMILES string of the molecule is CCCCC[C@@H]1O[C@@H]1COCOC. The molecule has 1 saturated heterocycles. The molecule has 0 amide bonds. The van der Waals surface area contributed by atoms with Crippen LogP contribution in [-0.2, 0) is 14.2 Å². The summed E-state index contributed by atoms with van der Waals surface area (Å²) in [6, 6.07) is 0. The van der Waals surface area contributed by atoms with Crippen LogP contribution in [0.25, 0.3) is 0 Å². The standard InChI is InChI=1S/C10H20O3/c1-3-4-5-6-9-10(13-9)7-12-8-11-2/h9-10H,3-8H2,1-2H3/t9-,10+/m0/s1. The Morgan fingerprint density at radius 2 is 2.08 bits per heavy atom. The van der Waals surface area contributed by atoms with Crippen LogP contribution in [0.3, 0.4) is 0 Å². The Hall–Kier alpha value is -0.120. The predicted octanol–water partition coefficient (Wildman–Crippen LogP) is 1.95. The predicted molar refractivity (Wildman–Crippen MR) is 50.6 cm³/mol. The fourth-order valence-corrected chi connectivity index (χ4v) is 1.42. The van der Waals surface area contributed by atoms with Crippen molar-refractivity contribution in [1.29, 1.82) is 0 Å². The highest BCUT2D eigenvalue weighted by atomic mass is 16.7. The lowest BCUT2D eigenvalue weighted by molar-refractivity contribution is -0.0351. The van der Waals surface area contributed by atoms with E-state index in [0.29, 0.717) is 25.6 Å². The molecule has 0 unspecified atom stereocenters. The molecule has 1 aliphatic rings. The molecular formula is C10H20O3. The number of methoxy groups -OCH3 is 1. The van der Waals surface area contributed by atoms with Crippen LogP contribution in [0.5, 0.6) is 0 Å². The topological polar surface area (TPSA) is 31.0 Å². The van der Waals surface area contributed by atoms with Crippen LogP contribution in [0.4, 0.5) is 0 Å². The molecule has 0 radical (unpaired) electrons. The summed E-state index contributed by atoms with van der Waals surface area (Å²) in [5.74, 6) is 0. The highest BCUT2D eigenvalue weighted by Gasteiger charge is 2.37. The summed E-state index contributed by atoms with van der Waals surface area (Å²) in [5.41, 5.74) is 0. The fraction of sp³-hybridized carbons (Fsp3) is 1.00. The highest BCUT2D eigenvalue weighted by molar-refractivity contribution is 4.84. The normalized spacial score (nSPS) is 26.3. The summed E-state index contributed by atoms with van der Waals surface area (Å²) >= 11 is 0. The summed E-state index contributed by atoms with van der Waals surface area (Å²) in [6.45, 7) is 3.28. The van der Waals surface area contributed by atoms with Crippen molar-refractivity contribution in [3.05, 3.63) is 0 Å². The summed E-state index contributed by atoms with van der Waals surface area (Å²) in [7, 11) is 1.63. The summed E-state index contributed by atoms with van der Waals surface area (Å²) in [4.78, 5) is 0. The molecule has 13 heavy (non-hydrogen) atoms. The second-order valence-corrected chi connectivity index (χ2v) is 3.49. The van der Waals surface area contributed by atoms with E-state index in [-0.39, 0.29) is 0 Å². The number of ether oxygens (including phenoxy) is 3. The minimum atomic E-state index is 0.340. The quantitative estimate of drug-likeness (QED) is 0.331. The second-order valence-electron chi connectivity index (χ2n) is 3.49. The van der Waals surface area contributed by atoms with Gasteiger partial charge in [0.25, 0.3) is 0 Å². The third-order valence-corrected chi connectivity index (χ3v) is 2.26. The number of unbranched alkanes of at least 4 members (excludes halogenated alkanes) is 2. The third-order valence-electron chi connectivity index (χ3n) is 2.26. The first kappa shape index (κ1) is 11.0. The van der Waals surface area contributed by atoms with Crippen LogP contribution in [0.1, 0.15) is 32.6 Å². The van der Waals surface area contributed by atoms with Crippen LogP contribution in [-0.4, -0.2) is 32.7 Å². The lowest BCUT2D eigenvalue weighted by Gasteiger charge is -1.98. The number of rotatable bonds is 8. The molecule has 0 aromatic heterocycles. The zero-order valence-electron chi connectivity index (χ0n) is 8.62. The molecule has 78 valence electrons. The van der Waals surface area contributed by atoms with Gasteiger partial charge in [0, 0.05) is 7.11 Å². The molecular weight excluding hydrogens is 168 g/mol. The first-order valence-electron chi connectivity index (χ1n) is 5.10. The van der Waals surface area contributed by atoms with Gasteiger partial charge in [-0.15, -0.1) is 0 Å². The third kappa shape index (κ3) is 4.60. The first-order valence-corrected chi connectivity index (χ1v) is 5.10. The fourth-order valence-electron chi connectivity index (χ4n) is 1.42. The molecule has 3 nitrogen and oxygen atoms in total. The molecule has 0 spiro atoms. The number of hydrogen-bond donors (Lipinski definition) is 0. The van der Waals surface area contributed by atoms with Gasteiger partial charge in [-0.05, 0) is 6.42 Å². The Labute approximate surface area is 80.4 Å². The van der Waals surface area contributed by atoms with Crippen LogP contribution < -0.4 is 0 Å². The molecule has 0 bridgehead atoms. The van der Waals surface area contributed by atoms with Crippen LogP contribution >= 0.6 is 0 Å². The van der Waals surface area contributed by atoms with Crippen LogP contribution in [0, 0.1) is 0 Å². The van der Waals surface area contributed by atoms with E-state index in [0.717, 1.165) is 0 Å². The molecule has 1 aliphatic heterocycles. The van der Waals surface area contributed by atoms with E-state index in [1.54, 1.807) is 7.11 Å². The van der Waals surface area contributed by atoms with Crippen molar-refractivity contribution in [3.63, 3.8) is 0 Å². The summed E-state index contributed by atoms with van der Waals surface area (Å²) < 4.78 is 15.4. The molecule has 0 aliphatic carbocycles. The van der Waals surface area contributed by atoms with Crippen molar-refractivity contribution in [1.82, 2.24) is 0 Å². The number of hydrogen-bond acceptors (Lipinski definition) is 3. The minimum Gasteiger partial charge on any atom is -0.367 e. The van der Waals surface area contributed by atoms with E-state index in [1.807, 2.05) is 0 Å². The van der Waals surface area contributed by atoms with Crippen LogP contribution in [0.2, 0.25) is 0 Å². The Kier molecular flexibility index (Phi) is 5.35. The highest BCUT2D eigenvalue weighted by Crippen LogP contribution is 2.27. The molecule has 1 fully saturated rings. The number of epoxide rings is 1. The smallest absolute Gasteiger partial charge is 0.146 e. The maximum Gasteiger partial charge on any atom is 0.146 e. The summed E-state index contributed by atoms with van der Waals surface area (Å²) in [6.07, 6.45) is 5.86. The average Bonchev–Trinajstić information content (AvgIpc) is 2.85. The van der Waals surface area contributed by atoms with Crippen molar-refractivity contribution in [2.45, 2.75) is 44.8 Å². The Morgan fingerprint density at radius 3 is 2.77 bits per heavy atom. The van der Waals surface area contributed by atoms with Crippen LogP contribution in [0.15, 0.2) is 0 Å². The van der Waals surface area contributed by atoms with E-state index in [2.05, 4.69) is 6.92 Å². The van der Waals surface area contributed by atoms with Crippen molar-refractivity contribution >= 4 is 0 Å². The van der Waals surface area contributed by atoms with Gasteiger partial charge >= 0.3 is 0 Å². The summed E-state index contributed by atoms with van der Waals surface area (Å²) in [5, 5.41) is 0. The first-order chi connectivity index (χ1) is 6.38. The van der Waals surface area contributed by atoms with E-state index < -0.39 is 0 Å². The Balaban J connectivity index is 1.85. The van der Waals surface area contributed by atoms with E-state index in [9.17, 15) is 0 Å². The molecule has 0 aromatic rings. The van der Waals surface area contributed by atoms with Gasteiger partial charge in [-0.3, -0.25) is 0 Å². The van der Waals surface area contributed by atoms with Crippen molar-refractivity contribution in [2.24, 2.45) is 0 Å². The molecule has 1 rings (SSSR count). The van der Waals surface area contributed by atoms with Gasteiger partial charge in [-0.2, -0.15) is 0 Å². The van der Waals surface area contributed by atoms with Crippen molar-refractivity contribution < 1.29 is 14.2 Å². The van der Waals surface area contributed by atoms with Crippen molar-refractivity contribution in [3.8, 4) is 0 Å². The second kappa shape index (κ2) is 6.35. The van der Waals surface area contributed by atoms with Gasteiger partial charge in [0.2, 0.25) is 0 Å². The lowest BCUT2D eigenvalue weighted by Crippen LogP contribution is -2.06. The molecule has 1 heterocycles. The molecule has 3 heteroatoms. The molecule has 0 N–H and O–H groups in total. The maximum absolute atomic E-state index is 5.43. The van der Waals surface area contributed by atoms with E-state index >= 15 is 0 Å². The Bertz CT molecular complexity index is 113. The average molecular weight is 188 g/mol. The van der Waals surface area contributed by atoms with Crippen molar-refractivity contribution in [2.75, 3.05) is 20.5 Å². The molecule has 2 atom stereocenters. The minimum absolute atomic E-state index is 0.340. The van der Waals surface area contributed by atoms with Gasteiger partial charge in [-0.25, -0.2) is 0 Å². The lowest BCUT2D eigenvalue weighted by atomic mass is 10.1. The van der Waals surface area contributed by atoms with E-state index in [4.69, 9.17) is 14.2 Å². The zero-order valence-corrected chi connectivity index (χ0v) is 8.62. The monoisotopic (exact) mass is 188 g/mol. The van der Waals surface area contributed by atoms with Gasteiger partial charge in [0.05, 0.1) is 12.7 Å². The molecule has 0 aromatic carbocycles. The van der Waals surface area contributed by atoms with Gasteiger partial charge in [0.1, 0.15) is 12.9 Å². The van der Waals surface area contributed by atoms with Gasteiger partial charge < -0.3 is 14.2 Å². The van der Waals surface area contributed by atoms with Gasteiger partial charge in [-0.1, -0.05) is 26.2 Å². The largest absolute Gasteiger partial charge is 0.367 e. The zero-order chi connectivity index (χ0) is 9.52. The van der Waals surface area contributed by atoms with E-state index in [1.165, 1.54) is 25.7 Å². The molecule has 0 saturated carbocycles. The Morgan fingerprint density at radius 1 is 1.23 bits per heavy atom. The maximum atomic E-state index is 5.43.